The third-order valence-corrected chi connectivity index (χ3v) is 6.77. The number of para-hydroxylation sites is 2. The number of carbonyl (C=O) groups excluding carboxylic acids is 1. The fourth-order valence-electron chi connectivity index (χ4n) is 4.05. The van der Waals surface area contributed by atoms with Gasteiger partial charge in [0.15, 0.2) is 0 Å². The molecule has 2 aliphatic rings. The second kappa shape index (κ2) is 7.95. The number of benzene rings is 2. The van der Waals surface area contributed by atoms with Crippen molar-refractivity contribution in [1.82, 2.24) is 4.90 Å². The van der Waals surface area contributed by atoms with E-state index in [0.29, 0.717) is 18.9 Å². The topological polar surface area (TPSA) is 49.6 Å². The summed E-state index contributed by atoms with van der Waals surface area (Å²) >= 11 is 1.80. The summed E-state index contributed by atoms with van der Waals surface area (Å²) < 4.78 is 0. The van der Waals surface area contributed by atoms with Crippen LogP contribution in [0.15, 0.2) is 58.3 Å². The van der Waals surface area contributed by atoms with Gasteiger partial charge in [-0.2, -0.15) is 0 Å². The Morgan fingerprint density at radius 2 is 1.78 bits per heavy atom. The molecule has 2 N–H and O–H groups in total. The van der Waals surface area contributed by atoms with Crippen LogP contribution >= 0.6 is 11.8 Å². The molecule has 4 nitrogen and oxygen atoms in total. The molecule has 4 rings (SSSR count). The lowest BCUT2D eigenvalue weighted by atomic mass is 9.92. The van der Waals surface area contributed by atoms with E-state index in [1.807, 2.05) is 4.90 Å². The second-order valence-corrected chi connectivity index (χ2v) is 8.62. The fraction of sp³-hybridized carbons (Fsp3) is 0.409. The van der Waals surface area contributed by atoms with Crippen LogP contribution in [0.25, 0.3) is 0 Å². The van der Waals surface area contributed by atoms with Crippen LogP contribution in [0.4, 0.5) is 11.4 Å². The molecular formula is C22H27N3OS. The molecular weight excluding hydrogens is 354 g/mol. The van der Waals surface area contributed by atoms with Crippen LogP contribution in [-0.4, -0.2) is 36.5 Å². The second-order valence-electron chi connectivity index (χ2n) is 7.54. The molecule has 1 amide bonds. The largest absolute Gasteiger partial charge is 0.342 e. The molecule has 2 unspecified atom stereocenters. The van der Waals surface area contributed by atoms with Crippen molar-refractivity contribution in [1.29, 1.82) is 0 Å². The molecule has 2 heterocycles. The van der Waals surface area contributed by atoms with E-state index >= 15 is 0 Å². The first-order chi connectivity index (χ1) is 13.1. The maximum atomic E-state index is 12.9. The van der Waals surface area contributed by atoms with Gasteiger partial charge < -0.3 is 15.5 Å². The molecule has 5 heteroatoms. The van der Waals surface area contributed by atoms with Crippen LogP contribution < -0.4 is 10.6 Å². The van der Waals surface area contributed by atoms with Crippen molar-refractivity contribution in [2.45, 2.75) is 42.0 Å². The first-order valence-corrected chi connectivity index (χ1v) is 10.6. The average Bonchev–Trinajstić information content (AvgIpc) is 2.71. The molecule has 0 spiro atoms. The number of rotatable bonds is 4. The maximum absolute atomic E-state index is 12.9. The number of likely N-dealkylation sites (tertiary alicyclic amines) is 1. The number of hydrogen-bond acceptors (Lipinski definition) is 4. The summed E-state index contributed by atoms with van der Waals surface area (Å²) in [5.74, 6) is 0.670. The third kappa shape index (κ3) is 3.85. The van der Waals surface area contributed by atoms with Gasteiger partial charge in [0, 0.05) is 41.9 Å². The first-order valence-electron chi connectivity index (χ1n) is 9.80. The molecule has 2 aromatic rings. The van der Waals surface area contributed by atoms with Gasteiger partial charge >= 0.3 is 0 Å². The molecule has 2 atom stereocenters. The minimum absolute atomic E-state index is 0.151. The number of amides is 1. The van der Waals surface area contributed by atoms with E-state index in [2.05, 4.69) is 60.4 Å². The summed E-state index contributed by atoms with van der Waals surface area (Å²) in [6.07, 6.45) is 2.72. The SMILES string of the molecule is CC(N)C1CCCN(C(=O)CCN2c3ccccc3Sc3ccccc32)C1. The lowest BCUT2D eigenvalue weighted by molar-refractivity contribution is -0.132. The molecule has 0 saturated carbocycles. The van der Waals surface area contributed by atoms with Crippen LogP contribution in [0.3, 0.4) is 0 Å². The van der Waals surface area contributed by atoms with Gasteiger partial charge in [-0.3, -0.25) is 4.79 Å². The van der Waals surface area contributed by atoms with Crippen molar-refractivity contribution < 1.29 is 4.79 Å². The number of hydrogen-bond donors (Lipinski definition) is 1. The predicted octanol–water partition coefficient (Wildman–Crippen LogP) is 4.27. The Morgan fingerprint density at radius 1 is 1.15 bits per heavy atom. The molecule has 0 bridgehead atoms. The highest BCUT2D eigenvalue weighted by Gasteiger charge is 2.27. The zero-order chi connectivity index (χ0) is 18.8. The number of fused-ring (bicyclic) bond motifs is 2. The molecule has 27 heavy (non-hydrogen) atoms. The monoisotopic (exact) mass is 381 g/mol. The van der Waals surface area contributed by atoms with E-state index < -0.39 is 0 Å². The number of nitrogens with zero attached hydrogens (tertiary/aromatic N) is 2. The summed E-state index contributed by atoms with van der Waals surface area (Å²) in [5.41, 5.74) is 8.47. The van der Waals surface area contributed by atoms with E-state index in [1.165, 1.54) is 21.2 Å². The molecule has 0 radical (unpaired) electrons. The zero-order valence-corrected chi connectivity index (χ0v) is 16.6. The van der Waals surface area contributed by atoms with Crippen LogP contribution in [0, 0.1) is 5.92 Å². The normalized spacial score (nSPS) is 20.0. The third-order valence-electron chi connectivity index (χ3n) is 5.64. The highest BCUT2D eigenvalue weighted by molar-refractivity contribution is 7.99. The molecule has 1 saturated heterocycles. The highest BCUT2D eigenvalue weighted by atomic mass is 32.2. The molecule has 0 aromatic heterocycles. The lowest BCUT2D eigenvalue weighted by Crippen LogP contribution is -2.45. The zero-order valence-electron chi connectivity index (χ0n) is 15.8. The Morgan fingerprint density at radius 3 is 2.41 bits per heavy atom. The predicted molar refractivity (Wildman–Crippen MR) is 112 cm³/mol. The molecule has 0 aliphatic carbocycles. The summed E-state index contributed by atoms with van der Waals surface area (Å²) in [6.45, 7) is 4.43. The number of piperidine rings is 1. The smallest absolute Gasteiger partial charge is 0.224 e. The van der Waals surface area contributed by atoms with Crippen molar-refractivity contribution in [3.05, 3.63) is 48.5 Å². The average molecular weight is 382 g/mol. The van der Waals surface area contributed by atoms with E-state index in [9.17, 15) is 4.79 Å². The number of nitrogens with two attached hydrogens (primary N) is 1. The Balaban J connectivity index is 1.49. The van der Waals surface area contributed by atoms with Gasteiger partial charge in [0.25, 0.3) is 0 Å². The van der Waals surface area contributed by atoms with E-state index in [-0.39, 0.29) is 11.9 Å². The van der Waals surface area contributed by atoms with Gasteiger partial charge in [0.05, 0.1) is 11.4 Å². The van der Waals surface area contributed by atoms with E-state index in [4.69, 9.17) is 5.73 Å². The lowest BCUT2D eigenvalue weighted by Gasteiger charge is -2.36. The van der Waals surface area contributed by atoms with Gasteiger partial charge in [-0.1, -0.05) is 36.0 Å². The van der Waals surface area contributed by atoms with Gasteiger partial charge in [-0.15, -0.1) is 0 Å². The molecule has 2 aromatic carbocycles. The highest BCUT2D eigenvalue weighted by Crippen LogP contribution is 2.47. The van der Waals surface area contributed by atoms with Crippen LogP contribution in [0.5, 0.6) is 0 Å². The summed E-state index contributed by atoms with van der Waals surface area (Å²) in [5, 5.41) is 0. The van der Waals surface area contributed by atoms with Crippen molar-refractivity contribution in [2.75, 3.05) is 24.5 Å². The standard InChI is InChI=1S/C22H27N3OS/c1-16(23)17-7-6-13-24(15-17)22(26)12-14-25-18-8-2-4-10-20(18)27-21-11-5-3-9-19(21)25/h2-5,8-11,16-17H,6-7,12-15,23H2,1H3. The first kappa shape index (κ1) is 18.4. The quantitative estimate of drug-likeness (QED) is 0.859. The number of carbonyl (C=O) groups is 1. The van der Waals surface area contributed by atoms with Crippen LogP contribution in [0.1, 0.15) is 26.2 Å². The van der Waals surface area contributed by atoms with Gasteiger partial charge in [-0.05, 0) is 49.9 Å². The molecule has 1 fully saturated rings. The van der Waals surface area contributed by atoms with Gasteiger partial charge in [0.1, 0.15) is 0 Å². The molecule has 142 valence electrons. The Hall–Kier alpha value is -1.98. The molecule has 2 aliphatic heterocycles. The number of anilines is 2. The minimum Gasteiger partial charge on any atom is -0.342 e. The maximum Gasteiger partial charge on any atom is 0.224 e. The van der Waals surface area contributed by atoms with Gasteiger partial charge in [-0.25, -0.2) is 0 Å². The van der Waals surface area contributed by atoms with Crippen molar-refractivity contribution in [3.63, 3.8) is 0 Å². The van der Waals surface area contributed by atoms with Gasteiger partial charge in [0.2, 0.25) is 5.91 Å². The minimum atomic E-state index is 0.151. The summed E-state index contributed by atoms with van der Waals surface area (Å²) in [6, 6.07) is 17.0. The fourth-order valence-corrected chi connectivity index (χ4v) is 5.15. The summed E-state index contributed by atoms with van der Waals surface area (Å²) in [4.78, 5) is 19.7. The van der Waals surface area contributed by atoms with Crippen LogP contribution in [0.2, 0.25) is 0 Å². The van der Waals surface area contributed by atoms with E-state index in [0.717, 1.165) is 25.9 Å². The van der Waals surface area contributed by atoms with E-state index in [1.54, 1.807) is 11.8 Å². The van der Waals surface area contributed by atoms with Crippen molar-refractivity contribution >= 4 is 29.0 Å². The van der Waals surface area contributed by atoms with Crippen molar-refractivity contribution in [2.24, 2.45) is 11.7 Å². The van der Waals surface area contributed by atoms with Crippen molar-refractivity contribution in [3.8, 4) is 0 Å². The Labute approximate surface area is 165 Å². The van der Waals surface area contributed by atoms with Crippen LogP contribution in [-0.2, 0) is 4.79 Å². The Bertz CT molecular complexity index is 777. The summed E-state index contributed by atoms with van der Waals surface area (Å²) in [7, 11) is 0. The Kier molecular flexibility index (Phi) is 5.41.